The minimum atomic E-state index is -0.770. The van der Waals surface area contributed by atoms with Crippen molar-refractivity contribution in [3.8, 4) is 17.1 Å². The molecule has 2 aromatic heterocycles. The monoisotopic (exact) mass is 482 g/mol. The van der Waals surface area contributed by atoms with E-state index in [2.05, 4.69) is 25.9 Å². The molecule has 0 saturated heterocycles. The number of nitrogens with zero attached hydrogens (tertiary/aromatic N) is 4. The fourth-order valence-corrected chi connectivity index (χ4v) is 4.30. The number of nitrogens with one attached hydrogen (secondary N) is 2. The number of rotatable bonds is 7. The molecule has 3 atom stereocenters. The first-order chi connectivity index (χ1) is 16.8. The molecule has 0 unspecified atom stereocenters. The molecular formula is C25H34N6O4. The number of hydrogen-bond acceptors (Lipinski definition) is 6. The molecule has 2 heterocycles. The third-order valence-corrected chi connectivity index (χ3v) is 6.25. The first kappa shape index (κ1) is 24.2. The number of pyridine rings is 1. The topological polar surface area (TPSA) is 131 Å². The van der Waals surface area contributed by atoms with Gasteiger partial charge < -0.3 is 15.2 Å². The van der Waals surface area contributed by atoms with Gasteiger partial charge in [-0.2, -0.15) is 0 Å². The Morgan fingerprint density at radius 2 is 1.97 bits per heavy atom. The van der Waals surface area contributed by atoms with Crippen LogP contribution in [0.4, 0.5) is 10.6 Å². The molecule has 0 spiro atoms. The van der Waals surface area contributed by atoms with Crippen molar-refractivity contribution in [3.05, 3.63) is 53.7 Å². The predicted molar refractivity (Wildman–Crippen MR) is 134 cm³/mol. The Bertz CT molecular complexity index is 1210. The smallest absolute Gasteiger partial charge is 0.320 e. The van der Waals surface area contributed by atoms with E-state index in [1.807, 2.05) is 44.2 Å². The lowest BCUT2D eigenvalue weighted by Gasteiger charge is -2.27. The van der Waals surface area contributed by atoms with E-state index < -0.39 is 5.97 Å². The van der Waals surface area contributed by atoms with Crippen LogP contribution in [0, 0.1) is 12.8 Å². The number of anilines is 1. The van der Waals surface area contributed by atoms with E-state index >= 15 is 0 Å². The third-order valence-electron chi connectivity index (χ3n) is 6.25. The van der Waals surface area contributed by atoms with E-state index in [0.29, 0.717) is 41.5 Å². The van der Waals surface area contributed by atoms with Crippen LogP contribution < -0.4 is 15.4 Å². The van der Waals surface area contributed by atoms with Crippen LogP contribution in [0.2, 0.25) is 0 Å². The fraction of sp³-hybridized carbons (Fsp3) is 0.400. The van der Waals surface area contributed by atoms with Gasteiger partial charge in [0.2, 0.25) is 0 Å². The summed E-state index contributed by atoms with van der Waals surface area (Å²) in [5.41, 5.74) is 2.62. The van der Waals surface area contributed by atoms with Gasteiger partial charge in [-0.1, -0.05) is 35.5 Å². The normalized spacial score (nSPS) is 18.5. The molecule has 3 aromatic rings. The zero-order valence-electron chi connectivity index (χ0n) is 20.1. The highest BCUT2D eigenvalue weighted by atomic mass is 16.5. The van der Waals surface area contributed by atoms with E-state index in [9.17, 15) is 14.7 Å². The minimum absolute atomic E-state index is 0. The molecule has 2 amide bonds. The first-order valence-corrected chi connectivity index (χ1v) is 11.7. The molecule has 3 N–H and O–H groups in total. The molecule has 1 saturated carbocycles. The van der Waals surface area contributed by atoms with Crippen LogP contribution in [0.5, 0.6) is 5.75 Å². The van der Waals surface area contributed by atoms with Gasteiger partial charge in [0.05, 0.1) is 29.5 Å². The van der Waals surface area contributed by atoms with Gasteiger partial charge in [0.1, 0.15) is 5.75 Å². The molecule has 1 aliphatic carbocycles. The van der Waals surface area contributed by atoms with Gasteiger partial charge >= 0.3 is 12.0 Å². The summed E-state index contributed by atoms with van der Waals surface area (Å²) in [6.45, 7) is 3.74. The lowest BCUT2D eigenvalue weighted by Crippen LogP contribution is -2.32. The summed E-state index contributed by atoms with van der Waals surface area (Å²) in [7, 11) is 1.69. The van der Waals surface area contributed by atoms with Crippen LogP contribution in [0.1, 0.15) is 52.8 Å². The number of urea groups is 1. The lowest BCUT2D eigenvalue weighted by atomic mass is 9.87. The summed E-state index contributed by atoms with van der Waals surface area (Å²) in [6.07, 6.45) is 2.67. The van der Waals surface area contributed by atoms with Crippen molar-refractivity contribution in [3.63, 3.8) is 0 Å². The second kappa shape index (κ2) is 10.5. The Kier molecular flexibility index (Phi) is 7.28. The standard InChI is InChI=1S/C25H30N6O4.2H2/c1-15(17-8-5-4-6-9-17)27-25(34)28-23-22(29-30-31(23)3)20-12-13-21(16(2)26-20)35-19-11-7-10-18(14-19)24(32)33;;/h4-6,8-9,12-13,15,18-19H,7,10-11,14H2,1-3H3,(H,32,33)(H2,27,28,34);2*1H/t15-,18+,19+;;/m1../s1. The van der Waals surface area contributed by atoms with Crippen LogP contribution >= 0.6 is 0 Å². The van der Waals surface area contributed by atoms with E-state index in [0.717, 1.165) is 18.4 Å². The number of carboxylic acids is 1. The predicted octanol–water partition coefficient (Wildman–Crippen LogP) is 4.58. The number of carboxylic acid groups (broad SMARTS) is 1. The fourth-order valence-electron chi connectivity index (χ4n) is 4.30. The maximum absolute atomic E-state index is 12.7. The molecule has 0 radical (unpaired) electrons. The van der Waals surface area contributed by atoms with Crippen molar-refractivity contribution in [1.29, 1.82) is 0 Å². The van der Waals surface area contributed by atoms with Crippen molar-refractivity contribution < 1.29 is 22.3 Å². The molecule has 1 aliphatic rings. The molecule has 1 aromatic carbocycles. The Morgan fingerprint density at radius 1 is 1.20 bits per heavy atom. The Morgan fingerprint density at radius 3 is 2.69 bits per heavy atom. The largest absolute Gasteiger partial charge is 0.489 e. The number of benzene rings is 1. The number of ether oxygens (including phenoxy) is 1. The molecule has 10 nitrogen and oxygen atoms in total. The average molecular weight is 483 g/mol. The molecule has 10 heteroatoms. The van der Waals surface area contributed by atoms with Crippen LogP contribution in [0.15, 0.2) is 42.5 Å². The van der Waals surface area contributed by atoms with Gasteiger partial charge in [-0.3, -0.25) is 10.1 Å². The van der Waals surface area contributed by atoms with Crippen LogP contribution in [0.25, 0.3) is 11.4 Å². The highest BCUT2D eigenvalue weighted by Crippen LogP contribution is 2.31. The zero-order valence-corrected chi connectivity index (χ0v) is 20.1. The van der Waals surface area contributed by atoms with Crippen LogP contribution in [-0.4, -0.2) is 43.2 Å². The zero-order chi connectivity index (χ0) is 24.9. The second-order valence-corrected chi connectivity index (χ2v) is 8.86. The third kappa shape index (κ3) is 5.76. The van der Waals surface area contributed by atoms with Crippen molar-refractivity contribution in [2.75, 3.05) is 5.32 Å². The van der Waals surface area contributed by atoms with Gasteiger partial charge in [0, 0.05) is 9.90 Å². The first-order valence-electron chi connectivity index (χ1n) is 11.7. The number of carbonyl (C=O) groups excluding carboxylic acids is 1. The Hall–Kier alpha value is -3.95. The minimum Gasteiger partial charge on any atom is -0.489 e. The van der Waals surface area contributed by atoms with Crippen LogP contribution in [-0.2, 0) is 11.8 Å². The lowest BCUT2D eigenvalue weighted by molar-refractivity contribution is -0.143. The number of aromatic nitrogens is 4. The molecule has 4 rings (SSSR count). The highest BCUT2D eigenvalue weighted by Gasteiger charge is 2.28. The van der Waals surface area contributed by atoms with Crippen molar-refractivity contribution in [2.45, 2.75) is 51.7 Å². The van der Waals surface area contributed by atoms with Gasteiger partial charge in [0.25, 0.3) is 0 Å². The van der Waals surface area contributed by atoms with Gasteiger partial charge in [-0.05, 0) is 57.2 Å². The summed E-state index contributed by atoms with van der Waals surface area (Å²) in [5.74, 6) is -0.115. The molecule has 188 valence electrons. The van der Waals surface area contributed by atoms with E-state index in [-0.39, 0.29) is 26.9 Å². The van der Waals surface area contributed by atoms with Gasteiger partial charge in [-0.25, -0.2) is 14.5 Å². The Balaban J connectivity index is 0.00000241. The number of aryl methyl sites for hydroxylation is 2. The summed E-state index contributed by atoms with van der Waals surface area (Å²) in [4.78, 5) is 28.6. The van der Waals surface area contributed by atoms with Crippen LogP contribution in [0.3, 0.4) is 0 Å². The summed E-state index contributed by atoms with van der Waals surface area (Å²) < 4.78 is 7.58. The number of hydrogen-bond donors (Lipinski definition) is 3. The maximum atomic E-state index is 12.7. The summed E-state index contributed by atoms with van der Waals surface area (Å²) in [6, 6.07) is 12.7. The molecular weight excluding hydrogens is 448 g/mol. The highest BCUT2D eigenvalue weighted by molar-refractivity contribution is 5.92. The SMILES string of the molecule is Cc1nc(-c2nnn(C)c2NC(=O)N[C@H](C)c2ccccc2)ccc1O[C@H]1CCC[C@H](C(=O)O)C1.[HH].[HH]. The Labute approximate surface area is 206 Å². The van der Waals surface area contributed by atoms with E-state index in [4.69, 9.17) is 4.74 Å². The van der Waals surface area contributed by atoms with Gasteiger partial charge in [0.15, 0.2) is 11.5 Å². The molecule has 1 fully saturated rings. The van der Waals surface area contributed by atoms with Crippen molar-refractivity contribution in [1.82, 2.24) is 25.3 Å². The summed E-state index contributed by atoms with van der Waals surface area (Å²) >= 11 is 0. The van der Waals surface area contributed by atoms with Crippen molar-refractivity contribution >= 4 is 17.8 Å². The quantitative estimate of drug-likeness (QED) is 0.449. The van der Waals surface area contributed by atoms with Gasteiger partial charge in [-0.15, -0.1) is 5.10 Å². The van der Waals surface area contributed by atoms with Crippen molar-refractivity contribution in [2.24, 2.45) is 13.0 Å². The molecule has 0 aliphatic heterocycles. The maximum Gasteiger partial charge on any atom is 0.320 e. The number of carbonyl (C=O) groups is 2. The summed E-state index contributed by atoms with van der Waals surface area (Å²) in [5, 5.41) is 23.3. The molecule has 0 bridgehead atoms. The number of aliphatic carboxylic acids is 1. The molecule has 35 heavy (non-hydrogen) atoms. The average Bonchev–Trinajstić information content (AvgIpc) is 3.20. The van der Waals surface area contributed by atoms with E-state index in [1.165, 1.54) is 4.68 Å². The van der Waals surface area contributed by atoms with E-state index in [1.54, 1.807) is 19.2 Å². The second-order valence-electron chi connectivity index (χ2n) is 8.86. The number of amides is 2.